The summed E-state index contributed by atoms with van der Waals surface area (Å²) in [7, 11) is -4.02. The van der Waals surface area contributed by atoms with Gasteiger partial charge < -0.3 is 10.1 Å². The molecule has 1 aliphatic rings. The van der Waals surface area contributed by atoms with E-state index in [1.165, 1.54) is 23.9 Å². The van der Waals surface area contributed by atoms with Crippen LogP contribution in [0.25, 0.3) is 0 Å². The Balaban J connectivity index is 1.59. The van der Waals surface area contributed by atoms with Crippen molar-refractivity contribution in [2.75, 3.05) is 11.9 Å². The molecule has 2 amide bonds. The minimum atomic E-state index is -4.02. The smallest absolute Gasteiger partial charge is 0.421 e. The van der Waals surface area contributed by atoms with Crippen LogP contribution in [0.2, 0.25) is 0 Å². The summed E-state index contributed by atoms with van der Waals surface area (Å²) in [5.74, 6) is -0.303. The van der Waals surface area contributed by atoms with Gasteiger partial charge in [0.1, 0.15) is 11.9 Å². The molecule has 9 heteroatoms. The first-order valence-corrected chi connectivity index (χ1v) is 10.0. The van der Waals surface area contributed by atoms with Crippen molar-refractivity contribution in [3.05, 3.63) is 54.1 Å². The molecule has 2 aromatic rings. The molecule has 0 bridgehead atoms. The highest BCUT2D eigenvalue weighted by Crippen LogP contribution is 2.35. The fourth-order valence-corrected chi connectivity index (χ4v) is 4.17. The maximum Gasteiger partial charge on any atom is 0.421 e. The predicted molar refractivity (Wildman–Crippen MR) is 97.6 cm³/mol. The van der Waals surface area contributed by atoms with E-state index >= 15 is 0 Å². The van der Waals surface area contributed by atoms with E-state index in [1.54, 1.807) is 24.3 Å². The number of fused-ring (bicyclic) bond motifs is 1. The number of amides is 2. The Kier molecular flexibility index (Phi) is 5.19. The average molecular weight is 392 g/mol. The maximum absolute atomic E-state index is 12.1. The Hall–Kier alpha value is -2.52. The van der Waals surface area contributed by atoms with Crippen LogP contribution >= 0.6 is 11.8 Å². The SMILES string of the molecule is Cc1ccc(S(=O)(=O)NC(=O)OCC2Sc3ccccc3NC2=O)cc1. The van der Waals surface area contributed by atoms with Crippen LogP contribution in [0.5, 0.6) is 0 Å². The average Bonchev–Trinajstić information content (AvgIpc) is 2.60. The first-order valence-electron chi connectivity index (χ1n) is 7.68. The van der Waals surface area contributed by atoms with Gasteiger partial charge in [0.15, 0.2) is 0 Å². The van der Waals surface area contributed by atoms with Gasteiger partial charge in [-0.05, 0) is 31.2 Å². The molecule has 1 atom stereocenters. The highest BCUT2D eigenvalue weighted by atomic mass is 32.2. The topological polar surface area (TPSA) is 102 Å². The van der Waals surface area contributed by atoms with Crippen LogP contribution in [0.4, 0.5) is 10.5 Å². The number of rotatable bonds is 4. The van der Waals surface area contributed by atoms with Crippen LogP contribution in [0, 0.1) is 6.92 Å². The Morgan fingerprint density at radius 1 is 1.19 bits per heavy atom. The third kappa shape index (κ3) is 4.17. The van der Waals surface area contributed by atoms with Gasteiger partial charge in [-0.15, -0.1) is 11.8 Å². The van der Waals surface area contributed by atoms with E-state index in [0.717, 1.165) is 10.5 Å². The summed E-state index contributed by atoms with van der Waals surface area (Å²) in [4.78, 5) is 24.7. The van der Waals surface area contributed by atoms with Crippen LogP contribution in [-0.4, -0.2) is 32.3 Å². The first-order chi connectivity index (χ1) is 12.3. The summed E-state index contributed by atoms with van der Waals surface area (Å²) in [5, 5.41) is 2.07. The zero-order valence-electron chi connectivity index (χ0n) is 13.8. The normalized spacial score (nSPS) is 16.3. The van der Waals surface area contributed by atoms with Crippen molar-refractivity contribution < 1.29 is 22.7 Å². The van der Waals surface area contributed by atoms with Gasteiger partial charge >= 0.3 is 6.09 Å². The van der Waals surface area contributed by atoms with Gasteiger partial charge in [-0.1, -0.05) is 29.8 Å². The number of ether oxygens (including phenoxy) is 1. The standard InChI is InChI=1S/C17H16N2O5S2/c1-11-6-8-12(9-7-11)26(22,23)19-17(21)24-10-15-16(20)18-13-4-2-3-5-14(13)25-15/h2-9,15H,10H2,1H3,(H,18,20)(H,19,21). The Morgan fingerprint density at radius 3 is 2.62 bits per heavy atom. The highest BCUT2D eigenvalue weighted by molar-refractivity contribution is 8.01. The molecule has 136 valence electrons. The minimum Gasteiger partial charge on any atom is -0.447 e. The summed E-state index contributed by atoms with van der Waals surface area (Å²) in [6.45, 7) is 1.57. The molecule has 3 rings (SSSR count). The summed E-state index contributed by atoms with van der Waals surface area (Å²) >= 11 is 1.26. The predicted octanol–water partition coefficient (Wildman–Crippen LogP) is 2.52. The van der Waals surface area contributed by atoms with Gasteiger partial charge in [0.25, 0.3) is 10.0 Å². The number of sulfonamides is 1. The number of anilines is 1. The number of para-hydroxylation sites is 1. The molecular formula is C17H16N2O5S2. The van der Waals surface area contributed by atoms with Gasteiger partial charge in [-0.25, -0.2) is 17.9 Å². The van der Waals surface area contributed by atoms with Gasteiger partial charge in [-0.3, -0.25) is 4.79 Å². The Bertz CT molecular complexity index is 942. The Labute approximate surface area is 155 Å². The van der Waals surface area contributed by atoms with Gasteiger partial charge in [-0.2, -0.15) is 0 Å². The van der Waals surface area contributed by atoms with E-state index in [9.17, 15) is 18.0 Å². The van der Waals surface area contributed by atoms with Crippen LogP contribution < -0.4 is 10.0 Å². The molecule has 1 aliphatic heterocycles. The molecule has 0 aromatic heterocycles. The van der Waals surface area contributed by atoms with Crippen molar-refractivity contribution in [3.8, 4) is 0 Å². The largest absolute Gasteiger partial charge is 0.447 e. The maximum atomic E-state index is 12.1. The van der Waals surface area contributed by atoms with E-state index in [0.29, 0.717) is 5.69 Å². The number of thioether (sulfide) groups is 1. The third-order valence-corrected chi connectivity index (χ3v) is 6.19. The summed E-state index contributed by atoms with van der Waals surface area (Å²) in [6.07, 6.45) is -1.13. The molecule has 0 spiro atoms. The minimum absolute atomic E-state index is 0.0428. The van der Waals surface area contributed by atoms with Crippen LogP contribution in [0.15, 0.2) is 58.3 Å². The second-order valence-corrected chi connectivity index (χ2v) is 8.54. The third-order valence-electron chi connectivity index (χ3n) is 3.62. The molecule has 7 nitrogen and oxygen atoms in total. The molecule has 0 fully saturated rings. The van der Waals surface area contributed by atoms with E-state index in [4.69, 9.17) is 4.74 Å². The lowest BCUT2D eigenvalue weighted by molar-refractivity contribution is -0.116. The fraction of sp³-hybridized carbons (Fsp3) is 0.176. The number of nitrogens with one attached hydrogen (secondary N) is 2. The molecule has 1 unspecified atom stereocenters. The zero-order valence-corrected chi connectivity index (χ0v) is 15.4. The van der Waals surface area contributed by atoms with Crippen molar-refractivity contribution in [2.45, 2.75) is 22.0 Å². The molecule has 0 aliphatic carbocycles. The summed E-state index contributed by atoms with van der Waals surface area (Å²) in [6, 6.07) is 13.3. The molecule has 2 N–H and O–H groups in total. The van der Waals surface area contributed by atoms with Crippen molar-refractivity contribution >= 4 is 39.5 Å². The lowest BCUT2D eigenvalue weighted by Crippen LogP contribution is -2.37. The quantitative estimate of drug-likeness (QED) is 0.829. The van der Waals surface area contributed by atoms with Crippen molar-refractivity contribution in [1.82, 2.24) is 4.72 Å². The number of benzene rings is 2. The second-order valence-electron chi connectivity index (χ2n) is 5.61. The molecule has 0 radical (unpaired) electrons. The molecular weight excluding hydrogens is 376 g/mol. The van der Waals surface area contributed by atoms with E-state index in [2.05, 4.69) is 5.32 Å². The molecule has 1 heterocycles. The lowest BCUT2D eigenvalue weighted by atomic mass is 10.2. The van der Waals surface area contributed by atoms with E-state index in [-0.39, 0.29) is 17.4 Å². The highest BCUT2D eigenvalue weighted by Gasteiger charge is 2.28. The molecule has 0 saturated carbocycles. The van der Waals surface area contributed by atoms with Crippen LogP contribution in [-0.2, 0) is 19.6 Å². The first kappa shape index (κ1) is 18.3. The van der Waals surface area contributed by atoms with Crippen LogP contribution in [0.3, 0.4) is 0 Å². The van der Waals surface area contributed by atoms with Gasteiger partial charge in [0, 0.05) is 4.90 Å². The van der Waals surface area contributed by atoms with Crippen molar-refractivity contribution in [1.29, 1.82) is 0 Å². The summed E-state index contributed by atoms with van der Waals surface area (Å²) in [5.41, 5.74) is 1.59. The number of aryl methyl sites for hydroxylation is 1. The number of carbonyl (C=O) groups is 2. The second kappa shape index (κ2) is 7.38. The molecule has 0 saturated heterocycles. The fourth-order valence-electron chi connectivity index (χ4n) is 2.27. The van der Waals surface area contributed by atoms with E-state index in [1.807, 2.05) is 23.8 Å². The van der Waals surface area contributed by atoms with Crippen LogP contribution in [0.1, 0.15) is 5.56 Å². The lowest BCUT2D eigenvalue weighted by Gasteiger charge is -2.23. The van der Waals surface area contributed by atoms with Crippen molar-refractivity contribution in [3.63, 3.8) is 0 Å². The molecule has 26 heavy (non-hydrogen) atoms. The zero-order chi connectivity index (χ0) is 18.7. The summed E-state index contributed by atoms with van der Waals surface area (Å²) < 4.78 is 31.0. The van der Waals surface area contributed by atoms with Gasteiger partial charge in [0.05, 0.1) is 10.6 Å². The van der Waals surface area contributed by atoms with E-state index < -0.39 is 21.4 Å². The monoisotopic (exact) mass is 392 g/mol. The molecule has 2 aromatic carbocycles. The van der Waals surface area contributed by atoms with Crippen molar-refractivity contribution in [2.24, 2.45) is 0 Å². The Morgan fingerprint density at radius 2 is 1.88 bits per heavy atom. The number of hydrogen-bond acceptors (Lipinski definition) is 6. The number of hydrogen-bond donors (Lipinski definition) is 2. The van der Waals surface area contributed by atoms with Gasteiger partial charge in [0.2, 0.25) is 5.91 Å². The number of carbonyl (C=O) groups excluding carboxylic acids is 2.